The minimum absolute atomic E-state index is 0.0981. The minimum Gasteiger partial charge on any atom is -0.450 e. The first-order chi connectivity index (χ1) is 13.5. The summed E-state index contributed by atoms with van der Waals surface area (Å²) in [5.74, 6) is 0. The van der Waals surface area contributed by atoms with Crippen LogP contribution in [-0.2, 0) is 19.4 Å². The number of sulfonamides is 1. The number of rotatable bonds is 9. The topological polar surface area (TPSA) is 153 Å². The van der Waals surface area contributed by atoms with Gasteiger partial charge in [0.15, 0.2) is 5.03 Å². The predicted molar refractivity (Wildman–Crippen MR) is 111 cm³/mol. The SMILES string of the molecule is C=C(C)/C(=C\C(=C/C)NS(=O)(=O)c1ncc(N)cc1NC(=O)OCC)B(O)OC. The summed E-state index contributed by atoms with van der Waals surface area (Å²) in [5.41, 5.74) is 6.54. The van der Waals surface area contributed by atoms with Crippen molar-refractivity contribution in [1.82, 2.24) is 9.71 Å². The van der Waals surface area contributed by atoms with Crippen molar-refractivity contribution in [3.05, 3.63) is 47.7 Å². The maximum atomic E-state index is 12.9. The van der Waals surface area contributed by atoms with Gasteiger partial charge in [-0.05, 0) is 38.4 Å². The molecule has 0 atom stereocenters. The Bertz CT molecular complexity index is 930. The van der Waals surface area contributed by atoms with Crippen molar-refractivity contribution in [1.29, 1.82) is 0 Å². The lowest BCUT2D eigenvalue weighted by Crippen LogP contribution is -2.27. The van der Waals surface area contributed by atoms with Crippen LogP contribution in [0.4, 0.5) is 16.2 Å². The molecule has 0 aliphatic rings. The van der Waals surface area contributed by atoms with Gasteiger partial charge in [0, 0.05) is 12.8 Å². The molecule has 1 aromatic rings. The molecule has 0 bridgehead atoms. The lowest BCUT2D eigenvalue weighted by atomic mass is 9.74. The Balaban J connectivity index is 3.31. The number of carbonyl (C=O) groups excluding carboxylic acids is 1. The van der Waals surface area contributed by atoms with E-state index in [0.29, 0.717) is 5.57 Å². The molecule has 5 N–H and O–H groups in total. The number of nitrogens with zero attached hydrogens (tertiary/aromatic N) is 1. The summed E-state index contributed by atoms with van der Waals surface area (Å²) in [5, 5.41) is 11.8. The highest BCUT2D eigenvalue weighted by molar-refractivity contribution is 7.89. The number of amides is 1. The lowest BCUT2D eigenvalue weighted by Gasteiger charge is -2.15. The van der Waals surface area contributed by atoms with Crippen LogP contribution in [0.3, 0.4) is 0 Å². The van der Waals surface area contributed by atoms with E-state index in [1.54, 1.807) is 20.8 Å². The molecule has 1 heterocycles. The van der Waals surface area contributed by atoms with Crippen molar-refractivity contribution in [2.75, 3.05) is 24.8 Å². The Morgan fingerprint density at radius 3 is 2.66 bits per heavy atom. The molecule has 1 amide bonds. The van der Waals surface area contributed by atoms with E-state index in [2.05, 4.69) is 21.6 Å². The maximum absolute atomic E-state index is 12.9. The summed E-state index contributed by atoms with van der Waals surface area (Å²) in [6.45, 7) is 8.68. The highest BCUT2D eigenvalue weighted by Crippen LogP contribution is 2.23. The third-order valence-electron chi connectivity index (χ3n) is 3.50. The summed E-state index contributed by atoms with van der Waals surface area (Å²) in [6.07, 6.45) is 3.14. The number of pyridine rings is 1. The Labute approximate surface area is 170 Å². The monoisotopic (exact) mass is 424 g/mol. The van der Waals surface area contributed by atoms with Gasteiger partial charge in [0.1, 0.15) is 0 Å². The molecular weight excluding hydrogens is 399 g/mol. The fourth-order valence-corrected chi connectivity index (χ4v) is 3.30. The zero-order chi connectivity index (χ0) is 22.2. The lowest BCUT2D eigenvalue weighted by molar-refractivity contribution is 0.168. The maximum Gasteiger partial charge on any atom is 0.491 e. The smallest absolute Gasteiger partial charge is 0.450 e. The van der Waals surface area contributed by atoms with Crippen molar-refractivity contribution >= 4 is 34.6 Å². The van der Waals surface area contributed by atoms with Crippen LogP contribution in [0.5, 0.6) is 0 Å². The van der Waals surface area contributed by atoms with Crippen molar-refractivity contribution < 1.29 is 27.6 Å². The normalized spacial score (nSPS) is 12.3. The van der Waals surface area contributed by atoms with Gasteiger partial charge >= 0.3 is 13.2 Å². The second-order valence-electron chi connectivity index (χ2n) is 5.78. The molecule has 1 rings (SSSR count). The fraction of sp³-hybridized carbons (Fsp3) is 0.294. The molecule has 0 saturated heterocycles. The first kappa shape index (κ1) is 24.2. The Morgan fingerprint density at radius 2 is 2.14 bits per heavy atom. The number of aromatic nitrogens is 1. The molecule has 158 valence electrons. The number of nitrogens with one attached hydrogen (secondary N) is 2. The van der Waals surface area contributed by atoms with E-state index in [0.717, 1.165) is 6.20 Å². The molecule has 0 aliphatic heterocycles. The van der Waals surface area contributed by atoms with E-state index in [9.17, 15) is 18.2 Å². The molecule has 0 radical (unpaired) electrons. The van der Waals surface area contributed by atoms with Gasteiger partial charge in [0.05, 0.1) is 24.2 Å². The van der Waals surface area contributed by atoms with Crippen molar-refractivity contribution in [3.63, 3.8) is 0 Å². The van der Waals surface area contributed by atoms with Crippen LogP contribution < -0.4 is 15.8 Å². The molecular formula is C17H25BN4O6S. The molecule has 0 aromatic carbocycles. The van der Waals surface area contributed by atoms with E-state index in [1.165, 1.54) is 25.3 Å². The molecule has 0 fully saturated rings. The van der Waals surface area contributed by atoms with Crippen LogP contribution in [0.25, 0.3) is 0 Å². The summed E-state index contributed by atoms with van der Waals surface area (Å²) in [6, 6.07) is 1.25. The minimum atomic E-state index is -4.24. The number of hydrogen-bond acceptors (Lipinski definition) is 8. The highest BCUT2D eigenvalue weighted by atomic mass is 32.2. The molecule has 0 unspecified atom stereocenters. The van der Waals surface area contributed by atoms with Crippen LogP contribution in [0, 0.1) is 0 Å². The summed E-state index contributed by atoms with van der Waals surface area (Å²) >= 11 is 0. The molecule has 0 saturated carbocycles. The first-order valence-corrected chi connectivity index (χ1v) is 10.0. The van der Waals surface area contributed by atoms with Gasteiger partial charge in [-0.25, -0.2) is 9.78 Å². The van der Waals surface area contributed by atoms with E-state index in [-0.39, 0.29) is 29.2 Å². The van der Waals surface area contributed by atoms with E-state index in [1.807, 2.05) is 0 Å². The number of hydrogen-bond donors (Lipinski definition) is 4. The second-order valence-corrected chi connectivity index (χ2v) is 7.38. The summed E-state index contributed by atoms with van der Waals surface area (Å²) < 4.78 is 37.7. The third kappa shape index (κ3) is 6.93. The van der Waals surface area contributed by atoms with E-state index in [4.69, 9.17) is 15.1 Å². The standard InChI is InChI=1S/C17H25BN4O6S/c1-6-13(9-14(11(3)4)18(24)27-5)22-29(25,26)16-15(8-12(19)10-20-16)21-17(23)28-7-2/h6,8-10,22,24H,3,7,19H2,1-2,4-5H3,(H,21,23)/b13-6+,14-9+. The fourth-order valence-electron chi connectivity index (χ4n) is 2.12. The average molecular weight is 424 g/mol. The van der Waals surface area contributed by atoms with Gasteiger partial charge in [-0.2, -0.15) is 8.42 Å². The van der Waals surface area contributed by atoms with E-state index < -0.39 is 28.3 Å². The zero-order valence-corrected chi connectivity index (χ0v) is 17.5. The number of allylic oxidation sites excluding steroid dienone is 4. The molecule has 1 aromatic heterocycles. The number of nitrogen functional groups attached to an aromatic ring is 1. The second kappa shape index (κ2) is 10.6. The molecule has 10 nitrogen and oxygen atoms in total. The zero-order valence-electron chi connectivity index (χ0n) is 16.7. The average Bonchev–Trinajstić information content (AvgIpc) is 2.64. The number of anilines is 2. The van der Waals surface area contributed by atoms with Crippen LogP contribution in [0.2, 0.25) is 0 Å². The quantitative estimate of drug-likeness (QED) is 0.344. The largest absolute Gasteiger partial charge is 0.491 e. The van der Waals surface area contributed by atoms with Crippen LogP contribution in [0.1, 0.15) is 20.8 Å². The highest BCUT2D eigenvalue weighted by Gasteiger charge is 2.24. The van der Waals surface area contributed by atoms with Crippen molar-refractivity contribution in [2.24, 2.45) is 0 Å². The summed E-state index contributed by atoms with van der Waals surface area (Å²) in [7, 11) is -4.23. The predicted octanol–water partition coefficient (Wildman–Crippen LogP) is 1.58. The Morgan fingerprint density at radius 1 is 1.48 bits per heavy atom. The van der Waals surface area contributed by atoms with Crippen LogP contribution >= 0.6 is 0 Å². The van der Waals surface area contributed by atoms with Crippen molar-refractivity contribution in [2.45, 2.75) is 25.8 Å². The van der Waals surface area contributed by atoms with Gasteiger partial charge in [-0.1, -0.05) is 18.2 Å². The van der Waals surface area contributed by atoms with Gasteiger partial charge < -0.3 is 20.1 Å². The Hall–Kier alpha value is -2.83. The van der Waals surface area contributed by atoms with Crippen LogP contribution in [0.15, 0.2) is 52.8 Å². The summed E-state index contributed by atoms with van der Waals surface area (Å²) in [4.78, 5) is 15.6. The van der Waals surface area contributed by atoms with Crippen molar-refractivity contribution in [3.8, 4) is 0 Å². The molecule has 29 heavy (non-hydrogen) atoms. The van der Waals surface area contributed by atoms with Gasteiger partial charge in [0.2, 0.25) is 0 Å². The van der Waals surface area contributed by atoms with Gasteiger partial charge in [-0.3, -0.25) is 10.0 Å². The number of nitrogens with two attached hydrogens (primary N) is 1. The first-order valence-electron chi connectivity index (χ1n) is 8.52. The van der Waals surface area contributed by atoms with Gasteiger partial charge in [-0.15, -0.1) is 0 Å². The number of carbonyl (C=O) groups is 1. The third-order valence-corrected chi connectivity index (χ3v) is 4.83. The molecule has 12 heteroatoms. The van der Waals surface area contributed by atoms with Gasteiger partial charge in [0.25, 0.3) is 10.0 Å². The van der Waals surface area contributed by atoms with E-state index >= 15 is 0 Å². The molecule has 0 spiro atoms. The molecule has 0 aliphatic carbocycles. The number of ether oxygens (including phenoxy) is 1. The Kier molecular flexibility index (Phi) is 8.89. The van der Waals surface area contributed by atoms with Crippen LogP contribution in [-0.4, -0.2) is 45.4 Å².